The van der Waals surface area contributed by atoms with Gasteiger partial charge in [-0.15, -0.1) is 0 Å². The third-order valence-corrected chi connectivity index (χ3v) is 4.64. The van der Waals surface area contributed by atoms with Crippen LogP contribution in [0.5, 0.6) is 5.75 Å². The molecule has 0 radical (unpaired) electrons. The van der Waals surface area contributed by atoms with E-state index in [4.69, 9.17) is 9.92 Å². The number of benzene rings is 1. The number of nitro groups is 1. The van der Waals surface area contributed by atoms with Gasteiger partial charge in [-0.3, -0.25) is 20.2 Å². The maximum absolute atomic E-state index is 12.2. The highest BCUT2D eigenvalue weighted by Crippen LogP contribution is 2.27. The van der Waals surface area contributed by atoms with Crippen LogP contribution in [0.15, 0.2) is 30.5 Å². The number of para-hydroxylation sites is 1. The summed E-state index contributed by atoms with van der Waals surface area (Å²) in [7, 11) is -3.93. The van der Waals surface area contributed by atoms with Gasteiger partial charge in [0.05, 0.1) is 16.2 Å². The Hall–Kier alpha value is -2.57. The summed E-state index contributed by atoms with van der Waals surface area (Å²) in [6.07, 6.45) is 1.01. The van der Waals surface area contributed by atoms with Crippen LogP contribution in [-0.2, 0) is 10.1 Å². The van der Waals surface area contributed by atoms with Crippen LogP contribution in [0.1, 0.15) is 10.4 Å². The first-order valence-corrected chi connectivity index (χ1v) is 8.84. The van der Waals surface area contributed by atoms with Gasteiger partial charge < -0.3 is 9.92 Å². The number of rotatable bonds is 7. The standard InChI is InChI=1S/C12H12N4O6S2/c13-5-6-24(20,21)22-9-4-2-1-3-8(9)11(17)15-12-14-7-10(23-12)16(18)19/h1-4,7H,5-6,13H2,(H,14,15,17). The molecule has 0 atom stereocenters. The van der Waals surface area contributed by atoms with E-state index in [0.717, 1.165) is 6.20 Å². The van der Waals surface area contributed by atoms with Gasteiger partial charge in [0.2, 0.25) is 0 Å². The number of aromatic nitrogens is 1. The molecule has 2 rings (SSSR count). The molecule has 0 bridgehead atoms. The molecule has 0 aliphatic carbocycles. The predicted molar refractivity (Wildman–Crippen MR) is 86.6 cm³/mol. The van der Waals surface area contributed by atoms with E-state index in [2.05, 4.69) is 10.3 Å². The number of nitrogens with two attached hydrogens (primary N) is 1. The summed E-state index contributed by atoms with van der Waals surface area (Å²) >= 11 is 0.673. The number of carbonyl (C=O) groups excluding carboxylic acids is 1. The van der Waals surface area contributed by atoms with E-state index < -0.39 is 26.7 Å². The molecule has 0 unspecified atom stereocenters. The highest BCUT2D eigenvalue weighted by atomic mass is 32.2. The van der Waals surface area contributed by atoms with E-state index in [1.54, 1.807) is 0 Å². The molecule has 0 fully saturated rings. The molecule has 0 saturated carbocycles. The SMILES string of the molecule is NCCS(=O)(=O)Oc1ccccc1C(=O)Nc1ncc([N+](=O)[O-])s1. The van der Waals surface area contributed by atoms with Gasteiger partial charge in [-0.25, -0.2) is 4.98 Å². The first-order chi connectivity index (χ1) is 11.3. The van der Waals surface area contributed by atoms with Gasteiger partial charge >= 0.3 is 15.1 Å². The maximum atomic E-state index is 12.2. The van der Waals surface area contributed by atoms with Gasteiger partial charge in [0, 0.05) is 6.54 Å². The minimum Gasteiger partial charge on any atom is -0.382 e. The van der Waals surface area contributed by atoms with Gasteiger partial charge in [0.15, 0.2) is 10.9 Å². The Morgan fingerprint density at radius 3 is 2.75 bits per heavy atom. The van der Waals surface area contributed by atoms with E-state index in [0.29, 0.717) is 11.3 Å². The Morgan fingerprint density at radius 2 is 2.12 bits per heavy atom. The van der Waals surface area contributed by atoms with Gasteiger partial charge in [0.1, 0.15) is 6.20 Å². The Balaban J connectivity index is 2.21. The first-order valence-electron chi connectivity index (χ1n) is 6.45. The summed E-state index contributed by atoms with van der Waals surface area (Å²) in [5, 5.41) is 12.7. The molecular formula is C12H12N4O6S2. The first kappa shape index (κ1) is 17.8. The van der Waals surface area contributed by atoms with E-state index >= 15 is 0 Å². The smallest absolute Gasteiger partial charge is 0.345 e. The largest absolute Gasteiger partial charge is 0.382 e. The second kappa shape index (κ2) is 7.33. The number of anilines is 1. The molecule has 0 aliphatic rings. The zero-order valence-electron chi connectivity index (χ0n) is 12.0. The molecule has 0 saturated heterocycles. The average molecular weight is 372 g/mol. The molecule has 1 aromatic carbocycles. The van der Waals surface area contributed by atoms with Crippen molar-refractivity contribution in [3.63, 3.8) is 0 Å². The lowest BCUT2D eigenvalue weighted by molar-refractivity contribution is -0.380. The zero-order valence-corrected chi connectivity index (χ0v) is 13.7. The minimum absolute atomic E-state index is 0.00585. The molecule has 128 valence electrons. The second-order valence-electron chi connectivity index (χ2n) is 4.34. The van der Waals surface area contributed by atoms with Crippen molar-refractivity contribution in [2.45, 2.75) is 0 Å². The molecule has 1 amide bonds. The minimum atomic E-state index is -3.93. The Labute approximate surface area is 140 Å². The summed E-state index contributed by atoms with van der Waals surface area (Å²) in [6.45, 7) is -0.126. The van der Waals surface area contributed by atoms with Crippen molar-refractivity contribution in [3.8, 4) is 5.75 Å². The van der Waals surface area contributed by atoms with E-state index in [-0.39, 0.29) is 28.0 Å². The van der Waals surface area contributed by atoms with Crippen LogP contribution in [0, 0.1) is 10.1 Å². The molecule has 3 N–H and O–H groups in total. The molecule has 0 spiro atoms. The van der Waals surface area contributed by atoms with Gasteiger partial charge in [-0.1, -0.05) is 12.1 Å². The number of amides is 1. The normalized spacial score (nSPS) is 11.0. The molecule has 1 aromatic heterocycles. The van der Waals surface area contributed by atoms with Crippen molar-refractivity contribution in [2.24, 2.45) is 5.73 Å². The lowest BCUT2D eigenvalue weighted by Crippen LogP contribution is -2.22. The maximum Gasteiger partial charge on any atom is 0.345 e. The third kappa shape index (κ3) is 4.47. The average Bonchev–Trinajstić information content (AvgIpc) is 2.96. The summed E-state index contributed by atoms with van der Waals surface area (Å²) < 4.78 is 28.3. The summed E-state index contributed by atoms with van der Waals surface area (Å²) in [6, 6.07) is 5.68. The van der Waals surface area contributed by atoms with E-state index in [1.165, 1.54) is 24.3 Å². The number of carbonyl (C=O) groups is 1. The molecule has 0 aliphatic heterocycles. The lowest BCUT2D eigenvalue weighted by Gasteiger charge is -2.10. The van der Waals surface area contributed by atoms with Crippen molar-refractivity contribution >= 4 is 37.5 Å². The van der Waals surface area contributed by atoms with Gasteiger partial charge in [0.25, 0.3) is 5.91 Å². The molecular weight excluding hydrogens is 360 g/mol. The van der Waals surface area contributed by atoms with Crippen LogP contribution in [0.3, 0.4) is 0 Å². The highest BCUT2D eigenvalue weighted by Gasteiger charge is 2.20. The van der Waals surface area contributed by atoms with Gasteiger partial charge in [-0.2, -0.15) is 8.42 Å². The molecule has 1 heterocycles. The van der Waals surface area contributed by atoms with Crippen LogP contribution in [-0.4, -0.2) is 36.5 Å². The van der Waals surface area contributed by atoms with E-state index in [9.17, 15) is 23.3 Å². The number of hydrogen-bond acceptors (Lipinski definition) is 9. The number of nitrogens with one attached hydrogen (secondary N) is 1. The van der Waals surface area contributed by atoms with Crippen molar-refractivity contribution in [3.05, 3.63) is 46.1 Å². The highest BCUT2D eigenvalue weighted by molar-refractivity contribution is 7.87. The number of hydrogen-bond donors (Lipinski definition) is 2. The van der Waals surface area contributed by atoms with Crippen molar-refractivity contribution < 1.29 is 22.3 Å². The van der Waals surface area contributed by atoms with Crippen molar-refractivity contribution in [1.29, 1.82) is 0 Å². The number of nitrogens with zero attached hydrogens (tertiary/aromatic N) is 2. The quantitative estimate of drug-likeness (QED) is 0.414. The predicted octanol–water partition coefficient (Wildman–Crippen LogP) is 0.971. The molecule has 10 nitrogen and oxygen atoms in total. The fourth-order valence-electron chi connectivity index (χ4n) is 1.62. The Kier molecular flexibility index (Phi) is 5.43. The topological polar surface area (TPSA) is 155 Å². The number of thiazole rings is 1. The van der Waals surface area contributed by atoms with Crippen molar-refractivity contribution in [2.75, 3.05) is 17.6 Å². The second-order valence-corrected chi connectivity index (χ2v) is 7.04. The van der Waals surface area contributed by atoms with Gasteiger partial charge in [-0.05, 0) is 23.5 Å². The summed E-state index contributed by atoms with van der Waals surface area (Å²) in [5.74, 6) is -1.28. The Morgan fingerprint density at radius 1 is 1.42 bits per heavy atom. The molecule has 24 heavy (non-hydrogen) atoms. The van der Waals surface area contributed by atoms with Crippen LogP contribution >= 0.6 is 11.3 Å². The lowest BCUT2D eigenvalue weighted by atomic mass is 10.2. The molecule has 12 heteroatoms. The van der Waals surface area contributed by atoms with Crippen LogP contribution in [0.25, 0.3) is 0 Å². The van der Waals surface area contributed by atoms with Crippen molar-refractivity contribution in [1.82, 2.24) is 4.98 Å². The fraction of sp³-hybridized carbons (Fsp3) is 0.167. The Bertz CT molecular complexity index is 864. The van der Waals surface area contributed by atoms with Crippen LogP contribution in [0.2, 0.25) is 0 Å². The van der Waals surface area contributed by atoms with Crippen LogP contribution in [0.4, 0.5) is 10.1 Å². The monoisotopic (exact) mass is 372 g/mol. The molecule has 2 aromatic rings. The van der Waals surface area contributed by atoms with Crippen LogP contribution < -0.4 is 15.2 Å². The summed E-state index contributed by atoms with van der Waals surface area (Å²) in [4.78, 5) is 25.9. The zero-order chi connectivity index (χ0) is 17.7. The third-order valence-electron chi connectivity index (χ3n) is 2.61. The van der Waals surface area contributed by atoms with E-state index in [1.807, 2.05) is 0 Å². The fourth-order valence-corrected chi connectivity index (χ4v) is 3.04. The summed E-state index contributed by atoms with van der Waals surface area (Å²) in [5.41, 5.74) is 5.14.